The fraction of sp³-hybridized carbons (Fsp3) is 0.300. The fourth-order valence-corrected chi connectivity index (χ4v) is 1.59. The molecule has 74 valence electrons. The van der Waals surface area contributed by atoms with Gasteiger partial charge in [0.2, 0.25) is 5.91 Å². The van der Waals surface area contributed by atoms with Crippen LogP contribution in [-0.4, -0.2) is 5.91 Å². The minimum absolute atomic E-state index is 0.0278. The molecule has 1 aliphatic heterocycles. The van der Waals surface area contributed by atoms with E-state index in [4.69, 9.17) is 0 Å². The lowest BCUT2D eigenvalue weighted by molar-refractivity contribution is -0.119. The maximum atomic E-state index is 13.2. The van der Waals surface area contributed by atoms with Gasteiger partial charge in [-0.1, -0.05) is 6.07 Å². The monoisotopic (exact) mass is 197 g/mol. The van der Waals surface area contributed by atoms with Crippen molar-refractivity contribution >= 4 is 11.6 Å². The Morgan fingerprint density at radius 3 is 2.57 bits per heavy atom. The van der Waals surface area contributed by atoms with Gasteiger partial charge in [-0.15, -0.1) is 0 Å². The smallest absolute Gasteiger partial charge is 0.234 e. The van der Waals surface area contributed by atoms with Gasteiger partial charge in [0.1, 0.15) is 0 Å². The number of nitrogens with one attached hydrogen (secondary N) is 1. The zero-order valence-corrected chi connectivity index (χ0v) is 7.82. The summed E-state index contributed by atoms with van der Waals surface area (Å²) in [5.74, 6) is -2.24. The van der Waals surface area contributed by atoms with Crippen molar-refractivity contribution in [3.05, 3.63) is 29.3 Å². The highest BCUT2D eigenvalue weighted by atomic mass is 19.2. The van der Waals surface area contributed by atoms with Gasteiger partial charge in [-0.25, -0.2) is 8.78 Å². The van der Waals surface area contributed by atoms with Crippen molar-refractivity contribution in [3.63, 3.8) is 0 Å². The third kappa shape index (κ3) is 0.967. The normalized spacial score (nSPS) is 17.9. The van der Waals surface area contributed by atoms with Crippen molar-refractivity contribution in [2.24, 2.45) is 0 Å². The molecule has 0 saturated heterocycles. The first-order valence-electron chi connectivity index (χ1n) is 4.24. The zero-order chi connectivity index (χ0) is 10.5. The molecule has 4 heteroatoms. The Kier molecular flexibility index (Phi) is 1.65. The molecule has 0 saturated carbocycles. The second-order valence-corrected chi connectivity index (χ2v) is 3.86. The maximum absolute atomic E-state index is 13.2. The van der Waals surface area contributed by atoms with Crippen LogP contribution in [0.4, 0.5) is 14.5 Å². The molecule has 0 radical (unpaired) electrons. The second-order valence-electron chi connectivity index (χ2n) is 3.86. The molecule has 14 heavy (non-hydrogen) atoms. The largest absolute Gasteiger partial charge is 0.322 e. The van der Waals surface area contributed by atoms with Crippen LogP contribution in [0.2, 0.25) is 0 Å². The van der Waals surface area contributed by atoms with E-state index in [1.165, 1.54) is 6.07 Å². The molecule has 0 aliphatic carbocycles. The molecule has 0 atom stereocenters. The van der Waals surface area contributed by atoms with Gasteiger partial charge in [0.15, 0.2) is 11.6 Å². The molecule has 1 aliphatic rings. The topological polar surface area (TPSA) is 29.1 Å². The molecule has 0 unspecified atom stereocenters. The van der Waals surface area contributed by atoms with Crippen LogP contribution in [0.5, 0.6) is 0 Å². The SMILES string of the molecule is CC1(C)C(=O)Nc2c1ccc(F)c2F. The summed E-state index contributed by atoms with van der Waals surface area (Å²) in [5.41, 5.74) is -0.314. The first-order chi connectivity index (χ1) is 6.44. The van der Waals surface area contributed by atoms with E-state index in [0.717, 1.165) is 6.07 Å². The van der Waals surface area contributed by atoms with E-state index in [2.05, 4.69) is 5.32 Å². The Labute approximate surface area is 79.9 Å². The van der Waals surface area contributed by atoms with Crippen molar-refractivity contribution < 1.29 is 13.6 Å². The summed E-state index contributed by atoms with van der Waals surface area (Å²) < 4.78 is 26.1. The Morgan fingerprint density at radius 1 is 1.29 bits per heavy atom. The van der Waals surface area contributed by atoms with Gasteiger partial charge < -0.3 is 5.32 Å². The maximum Gasteiger partial charge on any atom is 0.234 e. The Morgan fingerprint density at radius 2 is 1.93 bits per heavy atom. The van der Waals surface area contributed by atoms with Crippen LogP contribution < -0.4 is 5.32 Å². The van der Waals surface area contributed by atoms with Gasteiger partial charge >= 0.3 is 0 Å². The summed E-state index contributed by atoms with van der Waals surface area (Å²) in [6.07, 6.45) is 0. The van der Waals surface area contributed by atoms with E-state index in [1.807, 2.05) is 0 Å². The lowest BCUT2D eigenvalue weighted by atomic mass is 9.86. The van der Waals surface area contributed by atoms with Crippen LogP contribution in [0.25, 0.3) is 0 Å². The van der Waals surface area contributed by atoms with Crippen LogP contribution in [0.15, 0.2) is 12.1 Å². The predicted molar refractivity (Wildman–Crippen MR) is 48.0 cm³/mol. The number of halogens is 2. The lowest BCUT2D eigenvalue weighted by Crippen LogP contribution is -2.26. The third-order valence-electron chi connectivity index (χ3n) is 2.57. The summed E-state index contributed by atoms with van der Waals surface area (Å²) >= 11 is 0. The molecular formula is C10H9F2NO. The van der Waals surface area contributed by atoms with E-state index in [1.54, 1.807) is 13.8 Å². The van der Waals surface area contributed by atoms with Gasteiger partial charge in [0, 0.05) is 0 Å². The molecule has 0 spiro atoms. The molecule has 1 aromatic carbocycles. The minimum atomic E-state index is -0.985. The summed E-state index contributed by atoms with van der Waals surface area (Å²) in [7, 11) is 0. The summed E-state index contributed by atoms with van der Waals surface area (Å²) in [5, 5.41) is 2.34. The molecule has 2 rings (SSSR count). The van der Waals surface area contributed by atoms with Gasteiger partial charge in [-0.05, 0) is 25.5 Å². The number of rotatable bonds is 0. The molecule has 1 heterocycles. The predicted octanol–water partition coefficient (Wildman–Crippen LogP) is 2.19. The van der Waals surface area contributed by atoms with Gasteiger partial charge in [0.25, 0.3) is 0 Å². The van der Waals surface area contributed by atoms with Gasteiger partial charge in [-0.2, -0.15) is 0 Å². The minimum Gasteiger partial charge on any atom is -0.322 e. The van der Waals surface area contributed by atoms with Crippen molar-refractivity contribution in [1.29, 1.82) is 0 Å². The number of benzene rings is 1. The molecule has 0 aromatic heterocycles. The molecule has 1 N–H and O–H groups in total. The standard InChI is InChI=1S/C10H9F2NO/c1-10(2)5-3-4-6(11)7(12)8(5)13-9(10)14/h3-4H,1-2H3,(H,13,14). The van der Waals surface area contributed by atoms with Crippen LogP contribution in [-0.2, 0) is 10.2 Å². The van der Waals surface area contributed by atoms with Crippen LogP contribution >= 0.6 is 0 Å². The van der Waals surface area contributed by atoms with Gasteiger partial charge in [-0.3, -0.25) is 4.79 Å². The summed E-state index contributed by atoms with van der Waals surface area (Å²) in [6.45, 7) is 3.34. The first kappa shape index (κ1) is 9.12. The van der Waals surface area contributed by atoms with Crippen molar-refractivity contribution in [1.82, 2.24) is 0 Å². The average molecular weight is 197 g/mol. The highest BCUT2D eigenvalue weighted by Crippen LogP contribution is 2.39. The molecule has 2 nitrogen and oxygen atoms in total. The Balaban J connectivity index is 2.70. The fourth-order valence-electron chi connectivity index (χ4n) is 1.59. The van der Waals surface area contributed by atoms with E-state index in [-0.39, 0.29) is 11.6 Å². The lowest BCUT2D eigenvalue weighted by Gasteiger charge is -2.14. The van der Waals surface area contributed by atoms with Gasteiger partial charge in [0.05, 0.1) is 11.1 Å². The number of carbonyl (C=O) groups is 1. The molecular weight excluding hydrogens is 188 g/mol. The van der Waals surface area contributed by atoms with Crippen molar-refractivity contribution in [2.45, 2.75) is 19.3 Å². The summed E-state index contributed by atoms with van der Waals surface area (Å²) in [4.78, 5) is 11.4. The molecule has 0 fully saturated rings. The number of carbonyl (C=O) groups excluding carboxylic acids is 1. The van der Waals surface area contributed by atoms with Crippen LogP contribution in [0, 0.1) is 11.6 Å². The number of amides is 1. The number of anilines is 1. The van der Waals surface area contributed by atoms with Crippen molar-refractivity contribution in [2.75, 3.05) is 5.32 Å². The quantitative estimate of drug-likeness (QED) is 0.678. The van der Waals surface area contributed by atoms with E-state index in [0.29, 0.717) is 5.56 Å². The number of hydrogen-bond acceptors (Lipinski definition) is 1. The summed E-state index contributed by atoms with van der Waals surface area (Å²) in [6, 6.07) is 2.47. The van der Waals surface area contributed by atoms with Crippen LogP contribution in [0.3, 0.4) is 0 Å². The molecule has 1 aromatic rings. The second kappa shape index (κ2) is 2.53. The van der Waals surface area contributed by atoms with E-state index >= 15 is 0 Å². The molecule has 0 bridgehead atoms. The Bertz CT molecular complexity index is 426. The zero-order valence-electron chi connectivity index (χ0n) is 7.82. The number of hydrogen-bond donors (Lipinski definition) is 1. The molecule has 1 amide bonds. The van der Waals surface area contributed by atoms with E-state index < -0.39 is 17.0 Å². The number of fused-ring (bicyclic) bond motifs is 1. The average Bonchev–Trinajstić information content (AvgIpc) is 2.33. The highest BCUT2D eigenvalue weighted by Gasteiger charge is 2.40. The van der Waals surface area contributed by atoms with Crippen molar-refractivity contribution in [3.8, 4) is 0 Å². The van der Waals surface area contributed by atoms with E-state index in [9.17, 15) is 13.6 Å². The first-order valence-corrected chi connectivity index (χ1v) is 4.24. The van der Waals surface area contributed by atoms with Crippen LogP contribution in [0.1, 0.15) is 19.4 Å². The third-order valence-corrected chi connectivity index (χ3v) is 2.57. The highest BCUT2D eigenvalue weighted by molar-refractivity contribution is 6.05. The Hall–Kier alpha value is -1.45.